The van der Waals surface area contributed by atoms with Gasteiger partial charge in [-0.05, 0) is 44.1 Å². The predicted molar refractivity (Wildman–Crippen MR) is 87.6 cm³/mol. The summed E-state index contributed by atoms with van der Waals surface area (Å²) in [4.78, 5) is 16.7. The standard InChI is InChI=1S/C18H32N2O2/c1-14(2)17(21)20-8-6-18(7-9-20)13-19(3)10-16(18)12-22-11-15-4-5-15/h14-16H,4-13H2,1-3H3/t16-/m0/s1. The summed E-state index contributed by atoms with van der Waals surface area (Å²) in [6.45, 7) is 10.1. The molecule has 0 N–H and O–H groups in total. The number of likely N-dealkylation sites (tertiary alicyclic amines) is 2. The highest BCUT2D eigenvalue weighted by atomic mass is 16.5. The molecule has 2 saturated heterocycles. The first-order valence-electron chi connectivity index (χ1n) is 9.05. The van der Waals surface area contributed by atoms with Gasteiger partial charge in [0.2, 0.25) is 5.91 Å². The lowest BCUT2D eigenvalue weighted by Crippen LogP contribution is -2.48. The molecule has 0 aromatic rings. The van der Waals surface area contributed by atoms with Gasteiger partial charge in [0.1, 0.15) is 0 Å². The van der Waals surface area contributed by atoms with Crippen molar-refractivity contribution in [1.29, 1.82) is 0 Å². The highest BCUT2D eigenvalue weighted by Gasteiger charge is 2.47. The minimum absolute atomic E-state index is 0.123. The van der Waals surface area contributed by atoms with Crippen molar-refractivity contribution < 1.29 is 9.53 Å². The molecule has 0 aromatic heterocycles. The Bertz CT molecular complexity index is 398. The van der Waals surface area contributed by atoms with E-state index in [1.807, 2.05) is 13.8 Å². The van der Waals surface area contributed by atoms with Gasteiger partial charge in [-0.25, -0.2) is 0 Å². The van der Waals surface area contributed by atoms with Crippen LogP contribution in [0, 0.1) is 23.2 Å². The maximum absolute atomic E-state index is 12.2. The molecule has 22 heavy (non-hydrogen) atoms. The first kappa shape index (κ1) is 16.3. The number of carbonyl (C=O) groups is 1. The Balaban J connectivity index is 1.55. The van der Waals surface area contributed by atoms with E-state index in [9.17, 15) is 4.79 Å². The molecule has 0 aromatic carbocycles. The number of hydrogen-bond acceptors (Lipinski definition) is 3. The number of rotatable bonds is 5. The van der Waals surface area contributed by atoms with Gasteiger partial charge in [-0.2, -0.15) is 0 Å². The molecule has 3 rings (SSSR count). The third kappa shape index (κ3) is 3.48. The molecule has 0 unspecified atom stereocenters. The first-order valence-corrected chi connectivity index (χ1v) is 9.05. The summed E-state index contributed by atoms with van der Waals surface area (Å²) >= 11 is 0. The Morgan fingerprint density at radius 2 is 1.91 bits per heavy atom. The number of piperidine rings is 1. The smallest absolute Gasteiger partial charge is 0.225 e. The molecule has 2 heterocycles. The Labute approximate surface area is 135 Å². The fourth-order valence-corrected chi connectivity index (χ4v) is 4.30. The summed E-state index contributed by atoms with van der Waals surface area (Å²) in [5.74, 6) is 1.94. The number of ether oxygens (including phenoxy) is 1. The van der Waals surface area contributed by atoms with Gasteiger partial charge in [0, 0.05) is 44.6 Å². The molecule has 1 atom stereocenters. The van der Waals surface area contributed by atoms with Crippen molar-refractivity contribution in [2.45, 2.75) is 39.5 Å². The summed E-state index contributed by atoms with van der Waals surface area (Å²) in [5.41, 5.74) is 0.381. The first-order chi connectivity index (χ1) is 10.5. The van der Waals surface area contributed by atoms with Crippen LogP contribution in [0.25, 0.3) is 0 Å². The second-order valence-electron chi connectivity index (χ2n) is 8.22. The van der Waals surface area contributed by atoms with Crippen LogP contribution in [0.5, 0.6) is 0 Å². The van der Waals surface area contributed by atoms with E-state index < -0.39 is 0 Å². The molecule has 1 saturated carbocycles. The van der Waals surface area contributed by atoms with Crippen LogP contribution >= 0.6 is 0 Å². The van der Waals surface area contributed by atoms with Crippen molar-refractivity contribution in [1.82, 2.24) is 9.80 Å². The van der Waals surface area contributed by atoms with E-state index in [4.69, 9.17) is 4.74 Å². The largest absolute Gasteiger partial charge is 0.381 e. The third-order valence-corrected chi connectivity index (χ3v) is 5.92. The van der Waals surface area contributed by atoms with Crippen molar-refractivity contribution >= 4 is 5.91 Å². The third-order valence-electron chi connectivity index (χ3n) is 5.92. The molecule has 3 aliphatic rings. The van der Waals surface area contributed by atoms with Gasteiger partial charge in [0.05, 0.1) is 6.61 Å². The predicted octanol–water partition coefficient (Wildman–Crippen LogP) is 2.24. The molecule has 0 radical (unpaired) electrons. The Hall–Kier alpha value is -0.610. The minimum Gasteiger partial charge on any atom is -0.381 e. The van der Waals surface area contributed by atoms with E-state index in [1.54, 1.807) is 0 Å². The highest BCUT2D eigenvalue weighted by Crippen LogP contribution is 2.44. The van der Waals surface area contributed by atoms with Gasteiger partial charge in [0.25, 0.3) is 0 Å². The van der Waals surface area contributed by atoms with Crippen molar-refractivity contribution in [3.8, 4) is 0 Å². The lowest BCUT2D eigenvalue weighted by molar-refractivity contribution is -0.137. The number of nitrogens with zero attached hydrogens (tertiary/aromatic N) is 2. The quantitative estimate of drug-likeness (QED) is 0.781. The van der Waals surface area contributed by atoms with E-state index in [-0.39, 0.29) is 5.92 Å². The SMILES string of the molecule is CC(C)C(=O)N1CCC2(CC1)CN(C)C[C@H]2COCC1CC1. The van der Waals surface area contributed by atoms with E-state index >= 15 is 0 Å². The summed E-state index contributed by atoms with van der Waals surface area (Å²) in [7, 11) is 2.23. The van der Waals surface area contributed by atoms with Crippen molar-refractivity contribution in [2.24, 2.45) is 23.2 Å². The molecule has 1 aliphatic carbocycles. The number of carbonyl (C=O) groups excluding carboxylic acids is 1. The Morgan fingerprint density at radius 1 is 1.23 bits per heavy atom. The summed E-state index contributed by atoms with van der Waals surface area (Å²) in [6, 6.07) is 0. The molecular weight excluding hydrogens is 276 g/mol. The van der Waals surface area contributed by atoms with E-state index in [1.165, 1.54) is 19.4 Å². The summed E-state index contributed by atoms with van der Waals surface area (Å²) in [5, 5.41) is 0. The van der Waals surface area contributed by atoms with Crippen LogP contribution in [0.2, 0.25) is 0 Å². The van der Waals surface area contributed by atoms with Crippen LogP contribution in [0.3, 0.4) is 0 Å². The van der Waals surface area contributed by atoms with E-state index in [0.717, 1.165) is 51.6 Å². The van der Waals surface area contributed by atoms with Crippen LogP contribution in [-0.2, 0) is 9.53 Å². The molecule has 126 valence electrons. The Morgan fingerprint density at radius 3 is 2.50 bits per heavy atom. The fraction of sp³-hybridized carbons (Fsp3) is 0.944. The van der Waals surface area contributed by atoms with Crippen LogP contribution in [-0.4, -0.2) is 62.1 Å². The van der Waals surface area contributed by atoms with E-state index in [2.05, 4.69) is 16.8 Å². The van der Waals surface area contributed by atoms with Crippen molar-refractivity contribution in [2.75, 3.05) is 46.4 Å². The second kappa shape index (κ2) is 6.48. The summed E-state index contributed by atoms with van der Waals surface area (Å²) < 4.78 is 6.02. The monoisotopic (exact) mass is 308 g/mol. The van der Waals surface area contributed by atoms with Gasteiger partial charge >= 0.3 is 0 Å². The molecule has 3 fully saturated rings. The van der Waals surface area contributed by atoms with Crippen molar-refractivity contribution in [3.63, 3.8) is 0 Å². The molecule has 0 bridgehead atoms. The van der Waals surface area contributed by atoms with Gasteiger partial charge in [0.15, 0.2) is 0 Å². The zero-order valence-electron chi connectivity index (χ0n) is 14.5. The van der Waals surface area contributed by atoms with Gasteiger partial charge < -0.3 is 14.5 Å². The van der Waals surface area contributed by atoms with Gasteiger partial charge in [-0.15, -0.1) is 0 Å². The number of amides is 1. The molecule has 4 nitrogen and oxygen atoms in total. The zero-order chi connectivity index (χ0) is 15.7. The molecular formula is C18H32N2O2. The van der Waals surface area contributed by atoms with Crippen molar-refractivity contribution in [3.05, 3.63) is 0 Å². The normalized spacial score (nSPS) is 28.7. The van der Waals surface area contributed by atoms with E-state index in [0.29, 0.717) is 17.2 Å². The van der Waals surface area contributed by atoms with Gasteiger partial charge in [-0.1, -0.05) is 13.8 Å². The van der Waals surface area contributed by atoms with Crippen LogP contribution in [0.4, 0.5) is 0 Å². The topological polar surface area (TPSA) is 32.8 Å². The second-order valence-corrected chi connectivity index (χ2v) is 8.22. The number of hydrogen-bond donors (Lipinski definition) is 0. The lowest BCUT2D eigenvalue weighted by atomic mass is 9.71. The van der Waals surface area contributed by atoms with Gasteiger partial charge in [-0.3, -0.25) is 4.79 Å². The fourth-order valence-electron chi connectivity index (χ4n) is 4.30. The minimum atomic E-state index is 0.123. The maximum atomic E-state index is 12.2. The molecule has 4 heteroatoms. The average Bonchev–Trinajstić information content (AvgIpc) is 3.25. The highest BCUT2D eigenvalue weighted by molar-refractivity contribution is 5.78. The maximum Gasteiger partial charge on any atom is 0.225 e. The summed E-state index contributed by atoms with van der Waals surface area (Å²) in [6.07, 6.45) is 5.02. The van der Waals surface area contributed by atoms with Crippen LogP contribution < -0.4 is 0 Å². The molecule has 1 spiro atoms. The molecule has 2 aliphatic heterocycles. The zero-order valence-corrected chi connectivity index (χ0v) is 14.5. The lowest BCUT2D eigenvalue weighted by Gasteiger charge is -2.43. The molecule has 1 amide bonds. The Kier molecular flexibility index (Phi) is 4.79. The van der Waals surface area contributed by atoms with Crippen LogP contribution in [0.15, 0.2) is 0 Å². The van der Waals surface area contributed by atoms with Crippen LogP contribution in [0.1, 0.15) is 39.5 Å². The average molecular weight is 308 g/mol.